The second kappa shape index (κ2) is 8.47. The van der Waals surface area contributed by atoms with E-state index in [1.807, 2.05) is 12.1 Å². The third kappa shape index (κ3) is 4.72. The molecule has 4 nitrogen and oxygen atoms in total. The normalized spacial score (nSPS) is 20.4. The number of aryl methyl sites for hydroxylation is 1. The Balaban J connectivity index is 1.52. The maximum absolute atomic E-state index is 12.8. The van der Waals surface area contributed by atoms with Crippen LogP contribution in [0.2, 0.25) is 0 Å². The van der Waals surface area contributed by atoms with E-state index in [1.54, 1.807) is 22.0 Å². The number of sulfonamides is 1. The molecule has 138 valence electrons. The minimum Gasteiger partial charge on any atom is -0.300 e. The lowest BCUT2D eigenvalue weighted by molar-refractivity contribution is 0.189. The summed E-state index contributed by atoms with van der Waals surface area (Å²) in [5.41, 5.74) is 2.76. The van der Waals surface area contributed by atoms with Crippen molar-refractivity contribution in [2.75, 3.05) is 32.7 Å². The Labute approximate surface area is 152 Å². The lowest BCUT2D eigenvalue weighted by Gasteiger charge is -2.34. The Morgan fingerprint density at radius 2 is 1.72 bits per heavy atom. The van der Waals surface area contributed by atoms with Crippen LogP contribution in [0, 0.1) is 0 Å². The van der Waals surface area contributed by atoms with Gasteiger partial charge in [-0.1, -0.05) is 30.7 Å². The molecule has 0 saturated carbocycles. The van der Waals surface area contributed by atoms with Crippen molar-refractivity contribution in [2.24, 2.45) is 0 Å². The molecule has 1 aliphatic carbocycles. The SMILES string of the molecule is CCc1ccc(S(=O)(=O)N2CCN(CCC3=CCCCC3)CC2)cc1. The predicted molar refractivity (Wildman–Crippen MR) is 102 cm³/mol. The molecular formula is C20H30N2O2S. The van der Waals surface area contributed by atoms with Crippen LogP contribution in [0.3, 0.4) is 0 Å². The number of piperazine rings is 1. The van der Waals surface area contributed by atoms with E-state index >= 15 is 0 Å². The van der Waals surface area contributed by atoms with Crippen molar-refractivity contribution >= 4 is 10.0 Å². The van der Waals surface area contributed by atoms with Crippen molar-refractivity contribution in [3.63, 3.8) is 0 Å². The molecule has 1 aromatic carbocycles. The lowest BCUT2D eigenvalue weighted by Crippen LogP contribution is -2.48. The molecule has 1 heterocycles. The maximum atomic E-state index is 12.8. The van der Waals surface area contributed by atoms with Crippen molar-refractivity contribution in [3.05, 3.63) is 41.5 Å². The molecule has 0 atom stereocenters. The number of benzene rings is 1. The molecule has 0 unspecified atom stereocenters. The molecular weight excluding hydrogens is 332 g/mol. The molecule has 5 heteroatoms. The molecule has 1 saturated heterocycles. The van der Waals surface area contributed by atoms with Gasteiger partial charge in [0.25, 0.3) is 0 Å². The standard InChI is InChI=1S/C20H30N2O2S/c1-2-18-8-10-20(11-9-18)25(23,24)22-16-14-21(15-17-22)13-12-19-6-4-3-5-7-19/h6,8-11H,2-5,7,12-17H2,1H3. The first kappa shape index (κ1) is 18.6. The molecule has 0 aromatic heterocycles. The van der Waals surface area contributed by atoms with Crippen LogP contribution in [0.5, 0.6) is 0 Å². The first-order chi connectivity index (χ1) is 12.1. The lowest BCUT2D eigenvalue weighted by atomic mass is 9.97. The highest BCUT2D eigenvalue weighted by Gasteiger charge is 2.28. The van der Waals surface area contributed by atoms with Crippen molar-refractivity contribution in [3.8, 4) is 0 Å². The van der Waals surface area contributed by atoms with Gasteiger partial charge in [-0.3, -0.25) is 0 Å². The van der Waals surface area contributed by atoms with Crippen molar-refractivity contribution in [1.82, 2.24) is 9.21 Å². The third-order valence-electron chi connectivity index (χ3n) is 5.43. The van der Waals surface area contributed by atoms with E-state index in [0.29, 0.717) is 18.0 Å². The number of allylic oxidation sites excluding steroid dienone is 1. The second-order valence-corrected chi connectivity index (χ2v) is 9.04. The van der Waals surface area contributed by atoms with Crippen LogP contribution in [-0.4, -0.2) is 50.3 Å². The zero-order chi connectivity index (χ0) is 17.7. The highest BCUT2D eigenvalue weighted by atomic mass is 32.2. The van der Waals surface area contributed by atoms with E-state index in [0.717, 1.165) is 32.5 Å². The zero-order valence-electron chi connectivity index (χ0n) is 15.3. The van der Waals surface area contributed by atoms with E-state index in [9.17, 15) is 8.42 Å². The van der Waals surface area contributed by atoms with Gasteiger partial charge < -0.3 is 4.90 Å². The van der Waals surface area contributed by atoms with E-state index < -0.39 is 10.0 Å². The molecule has 3 rings (SSSR count). The van der Waals surface area contributed by atoms with E-state index in [2.05, 4.69) is 17.9 Å². The fourth-order valence-corrected chi connectivity index (χ4v) is 5.10. The molecule has 1 aromatic rings. The van der Waals surface area contributed by atoms with Crippen molar-refractivity contribution in [2.45, 2.75) is 50.3 Å². The summed E-state index contributed by atoms with van der Waals surface area (Å²) in [5, 5.41) is 0. The summed E-state index contributed by atoms with van der Waals surface area (Å²) < 4.78 is 27.2. The van der Waals surface area contributed by atoms with Gasteiger partial charge in [-0.15, -0.1) is 0 Å². The number of nitrogens with zero attached hydrogens (tertiary/aromatic N) is 2. The Bertz CT molecular complexity index is 687. The monoisotopic (exact) mass is 362 g/mol. The van der Waals surface area contributed by atoms with E-state index in [-0.39, 0.29) is 0 Å². The molecule has 1 fully saturated rings. The second-order valence-electron chi connectivity index (χ2n) is 7.10. The van der Waals surface area contributed by atoms with Gasteiger partial charge in [-0.25, -0.2) is 8.42 Å². The first-order valence-electron chi connectivity index (χ1n) is 9.59. The summed E-state index contributed by atoms with van der Waals surface area (Å²) in [6.45, 7) is 5.99. The Morgan fingerprint density at radius 1 is 1.00 bits per heavy atom. The van der Waals surface area contributed by atoms with Gasteiger partial charge in [-0.2, -0.15) is 4.31 Å². The minimum atomic E-state index is -3.35. The van der Waals surface area contributed by atoms with E-state index in [1.165, 1.54) is 31.2 Å². The summed E-state index contributed by atoms with van der Waals surface area (Å²) in [6.07, 6.45) is 9.62. The number of hydrogen-bond donors (Lipinski definition) is 0. The van der Waals surface area contributed by atoms with Crippen LogP contribution in [0.1, 0.15) is 44.6 Å². The highest BCUT2D eigenvalue weighted by Crippen LogP contribution is 2.22. The Hall–Kier alpha value is -1.17. The summed E-state index contributed by atoms with van der Waals surface area (Å²) in [6, 6.07) is 7.33. The maximum Gasteiger partial charge on any atom is 0.243 e. The van der Waals surface area contributed by atoms with Crippen LogP contribution in [0.4, 0.5) is 0 Å². The molecule has 0 spiro atoms. The fourth-order valence-electron chi connectivity index (χ4n) is 3.67. The molecule has 0 bridgehead atoms. The Morgan fingerprint density at radius 3 is 2.32 bits per heavy atom. The third-order valence-corrected chi connectivity index (χ3v) is 7.35. The summed E-state index contributed by atoms with van der Waals surface area (Å²) in [5.74, 6) is 0. The molecule has 2 aliphatic rings. The van der Waals surface area contributed by atoms with Crippen LogP contribution < -0.4 is 0 Å². The average molecular weight is 363 g/mol. The van der Waals surface area contributed by atoms with Crippen LogP contribution in [-0.2, 0) is 16.4 Å². The van der Waals surface area contributed by atoms with Gasteiger partial charge in [0, 0.05) is 32.7 Å². The zero-order valence-corrected chi connectivity index (χ0v) is 16.1. The van der Waals surface area contributed by atoms with Crippen LogP contribution in [0.15, 0.2) is 40.8 Å². The molecule has 0 amide bonds. The molecule has 1 aliphatic heterocycles. The smallest absolute Gasteiger partial charge is 0.243 e. The van der Waals surface area contributed by atoms with Crippen molar-refractivity contribution in [1.29, 1.82) is 0 Å². The van der Waals surface area contributed by atoms with Crippen LogP contribution >= 0.6 is 0 Å². The Kier molecular flexibility index (Phi) is 6.31. The average Bonchev–Trinajstić information content (AvgIpc) is 2.67. The summed E-state index contributed by atoms with van der Waals surface area (Å²) >= 11 is 0. The van der Waals surface area contributed by atoms with Gasteiger partial charge in [-0.05, 0) is 56.2 Å². The number of rotatable bonds is 6. The number of hydrogen-bond acceptors (Lipinski definition) is 3. The quantitative estimate of drug-likeness (QED) is 0.728. The molecule has 0 N–H and O–H groups in total. The van der Waals surface area contributed by atoms with Gasteiger partial charge >= 0.3 is 0 Å². The van der Waals surface area contributed by atoms with E-state index in [4.69, 9.17) is 0 Å². The molecule has 25 heavy (non-hydrogen) atoms. The summed E-state index contributed by atoms with van der Waals surface area (Å²) in [4.78, 5) is 2.83. The van der Waals surface area contributed by atoms with Gasteiger partial charge in [0.1, 0.15) is 0 Å². The largest absolute Gasteiger partial charge is 0.300 e. The van der Waals surface area contributed by atoms with Crippen molar-refractivity contribution < 1.29 is 8.42 Å². The van der Waals surface area contributed by atoms with Gasteiger partial charge in [0.15, 0.2) is 0 Å². The highest BCUT2D eigenvalue weighted by molar-refractivity contribution is 7.89. The van der Waals surface area contributed by atoms with Gasteiger partial charge in [0.2, 0.25) is 10.0 Å². The fraction of sp³-hybridized carbons (Fsp3) is 0.600. The van der Waals surface area contributed by atoms with Gasteiger partial charge in [0.05, 0.1) is 4.90 Å². The minimum absolute atomic E-state index is 0.422. The first-order valence-corrected chi connectivity index (χ1v) is 11.0. The summed E-state index contributed by atoms with van der Waals surface area (Å²) in [7, 11) is -3.35. The predicted octanol–water partition coefficient (Wildman–Crippen LogP) is 3.45. The topological polar surface area (TPSA) is 40.6 Å². The molecule has 0 radical (unpaired) electrons. The van der Waals surface area contributed by atoms with Crippen LogP contribution in [0.25, 0.3) is 0 Å².